The topological polar surface area (TPSA) is 101 Å². The summed E-state index contributed by atoms with van der Waals surface area (Å²) in [5.41, 5.74) is 0.356. The van der Waals surface area contributed by atoms with Gasteiger partial charge in [0.25, 0.3) is 0 Å². The summed E-state index contributed by atoms with van der Waals surface area (Å²) in [6.45, 7) is 14.1. The van der Waals surface area contributed by atoms with E-state index < -0.39 is 17.0 Å². The van der Waals surface area contributed by atoms with Crippen molar-refractivity contribution in [2.75, 3.05) is 4.72 Å². The van der Waals surface area contributed by atoms with Gasteiger partial charge in [-0.25, -0.2) is 14.8 Å². The second-order valence-electron chi connectivity index (χ2n) is 11.4. The van der Waals surface area contributed by atoms with Gasteiger partial charge in [-0.05, 0) is 95.4 Å². The zero-order valence-corrected chi connectivity index (χ0v) is 22.8. The Labute approximate surface area is 213 Å². The third-order valence-corrected chi connectivity index (χ3v) is 6.27. The molecule has 2 rings (SSSR count). The molecule has 1 heterocycles. The first-order valence-electron chi connectivity index (χ1n) is 12.0. The molecule has 35 heavy (non-hydrogen) atoms. The maximum absolute atomic E-state index is 12.6. The fourth-order valence-corrected chi connectivity index (χ4v) is 4.74. The molecule has 1 aromatic heterocycles. The number of carbonyl (C=O) groups is 2. The molecule has 0 bridgehead atoms. The van der Waals surface area contributed by atoms with Crippen LogP contribution in [-0.4, -0.2) is 32.6 Å². The number of hydrogen-bond donors (Lipinski definition) is 2. The van der Waals surface area contributed by atoms with Crippen LogP contribution in [0, 0.1) is 10.8 Å². The monoisotopic (exact) mass is 501 g/mol. The van der Waals surface area contributed by atoms with Gasteiger partial charge in [0.1, 0.15) is 5.60 Å². The number of aryl methyl sites for hydroxylation is 1. The predicted molar refractivity (Wildman–Crippen MR) is 140 cm³/mol. The highest BCUT2D eigenvalue weighted by molar-refractivity contribution is 8.00. The van der Waals surface area contributed by atoms with E-state index in [9.17, 15) is 9.59 Å². The van der Waals surface area contributed by atoms with Gasteiger partial charge in [0.15, 0.2) is 0 Å². The molecule has 0 saturated heterocycles. The number of unbranched alkanes of at least 4 members (excludes halogenated alkanes) is 1. The molecule has 192 valence electrons. The average Bonchev–Trinajstić information content (AvgIpc) is 2.74. The lowest BCUT2D eigenvalue weighted by molar-refractivity contribution is -0.167. The Bertz CT molecular complexity index is 998. The number of benzene rings is 1. The van der Waals surface area contributed by atoms with E-state index in [1.807, 2.05) is 46.8 Å². The van der Waals surface area contributed by atoms with Crippen LogP contribution < -0.4 is 4.72 Å². The number of carbonyl (C=O) groups excluding carboxylic acids is 1. The van der Waals surface area contributed by atoms with E-state index in [0.29, 0.717) is 5.95 Å². The van der Waals surface area contributed by atoms with Crippen LogP contribution >= 0.6 is 11.9 Å². The van der Waals surface area contributed by atoms with Gasteiger partial charge in [-0.1, -0.05) is 32.4 Å². The molecule has 8 heteroatoms. The number of aromatic carboxylic acids is 1. The number of anilines is 1. The predicted octanol–water partition coefficient (Wildman–Crippen LogP) is 6.79. The molecule has 1 aromatic carbocycles. The minimum atomic E-state index is -1.05. The zero-order valence-electron chi connectivity index (χ0n) is 22.0. The Morgan fingerprint density at radius 2 is 1.69 bits per heavy atom. The third-order valence-electron chi connectivity index (χ3n) is 5.50. The molecule has 0 unspecified atom stereocenters. The van der Waals surface area contributed by atoms with Crippen molar-refractivity contribution in [3.8, 4) is 0 Å². The highest BCUT2D eigenvalue weighted by atomic mass is 32.2. The highest BCUT2D eigenvalue weighted by Crippen LogP contribution is 2.39. The summed E-state index contributed by atoms with van der Waals surface area (Å²) >= 11 is 1.39. The van der Waals surface area contributed by atoms with Crippen molar-refractivity contribution < 1.29 is 19.4 Å². The maximum Gasteiger partial charge on any atom is 0.338 e. The first kappa shape index (κ1) is 28.6. The molecule has 2 aromatic rings. The molecular weight excluding hydrogens is 462 g/mol. The van der Waals surface area contributed by atoms with Gasteiger partial charge in [-0.3, -0.25) is 9.52 Å². The fraction of sp³-hybridized carbons (Fsp3) is 0.556. The van der Waals surface area contributed by atoms with Gasteiger partial charge in [0, 0.05) is 17.3 Å². The van der Waals surface area contributed by atoms with Crippen LogP contribution in [0.1, 0.15) is 90.1 Å². The standard InChI is InChI=1S/C27H39N3O4S/c1-25(2,3)34-23(33)27(6,7)18-26(4,5)14-9-8-11-19-12-10-13-21(15-19)35-30-24-28-16-20(17-29-24)22(31)32/h10,12-13,15-17H,8-9,11,14,18H2,1-7H3,(H,31,32)(H,28,29,30). The Kier molecular flexibility index (Phi) is 9.72. The molecule has 0 saturated carbocycles. The molecule has 7 nitrogen and oxygen atoms in total. The van der Waals surface area contributed by atoms with Gasteiger partial charge >= 0.3 is 11.9 Å². The van der Waals surface area contributed by atoms with E-state index in [1.54, 1.807) is 0 Å². The Hall–Kier alpha value is -2.61. The van der Waals surface area contributed by atoms with Crippen LogP contribution in [0.4, 0.5) is 5.95 Å². The number of carboxylic acid groups (broad SMARTS) is 1. The molecule has 0 spiro atoms. The highest BCUT2D eigenvalue weighted by Gasteiger charge is 2.37. The van der Waals surface area contributed by atoms with Crippen molar-refractivity contribution in [2.24, 2.45) is 10.8 Å². The molecule has 0 aliphatic carbocycles. The third kappa shape index (κ3) is 10.3. The summed E-state index contributed by atoms with van der Waals surface area (Å²) in [6.07, 6.45) is 7.51. The van der Waals surface area contributed by atoms with Gasteiger partial charge in [-0.15, -0.1) is 0 Å². The summed E-state index contributed by atoms with van der Waals surface area (Å²) in [5, 5.41) is 8.93. The van der Waals surface area contributed by atoms with Gasteiger partial charge in [0.05, 0.1) is 11.0 Å². The lowest BCUT2D eigenvalue weighted by Crippen LogP contribution is -2.36. The number of esters is 1. The number of ether oxygens (including phenoxy) is 1. The van der Waals surface area contributed by atoms with Crippen LogP contribution in [0.2, 0.25) is 0 Å². The summed E-state index contributed by atoms with van der Waals surface area (Å²) in [4.78, 5) is 32.6. The number of carboxylic acids is 1. The first-order chi connectivity index (χ1) is 16.2. The zero-order chi connectivity index (χ0) is 26.3. The van der Waals surface area contributed by atoms with E-state index in [1.165, 1.54) is 29.9 Å². The molecular formula is C27H39N3O4S. The summed E-state index contributed by atoms with van der Waals surface area (Å²) in [6, 6.07) is 8.30. The van der Waals surface area contributed by atoms with Crippen molar-refractivity contribution in [3.63, 3.8) is 0 Å². The van der Waals surface area contributed by atoms with Crippen LogP contribution in [0.3, 0.4) is 0 Å². The van der Waals surface area contributed by atoms with Crippen LogP contribution in [0.25, 0.3) is 0 Å². The normalized spacial score (nSPS) is 12.3. The van der Waals surface area contributed by atoms with Crippen molar-refractivity contribution >= 4 is 29.8 Å². The molecule has 0 atom stereocenters. The second kappa shape index (κ2) is 11.9. The van der Waals surface area contributed by atoms with Gasteiger partial charge in [0.2, 0.25) is 5.95 Å². The fourth-order valence-electron chi connectivity index (χ4n) is 4.07. The lowest BCUT2D eigenvalue weighted by atomic mass is 9.72. The van der Waals surface area contributed by atoms with E-state index in [2.05, 4.69) is 40.7 Å². The molecule has 0 radical (unpaired) electrons. The number of hydrogen-bond acceptors (Lipinski definition) is 7. The molecule has 0 fully saturated rings. The van der Waals surface area contributed by atoms with Crippen LogP contribution in [0.5, 0.6) is 0 Å². The number of nitrogens with one attached hydrogen (secondary N) is 1. The largest absolute Gasteiger partial charge is 0.478 e. The minimum Gasteiger partial charge on any atom is -0.478 e. The first-order valence-corrected chi connectivity index (χ1v) is 12.8. The van der Waals surface area contributed by atoms with E-state index >= 15 is 0 Å². The number of rotatable bonds is 12. The molecule has 0 aliphatic heterocycles. The Morgan fingerprint density at radius 3 is 2.29 bits per heavy atom. The molecule has 2 N–H and O–H groups in total. The minimum absolute atomic E-state index is 0.0399. The lowest BCUT2D eigenvalue weighted by Gasteiger charge is -2.35. The van der Waals surface area contributed by atoms with Crippen molar-refractivity contribution in [1.29, 1.82) is 0 Å². The maximum atomic E-state index is 12.6. The summed E-state index contributed by atoms with van der Waals surface area (Å²) in [7, 11) is 0. The van der Waals surface area contributed by atoms with Crippen molar-refractivity contribution in [2.45, 2.75) is 91.1 Å². The number of nitrogens with zero attached hydrogens (tertiary/aromatic N) is 2. The van der Waals surface area contributed by atoms with Crippen LogP contribution in [0.15, 0.2) is 41.6 Å². The Balaban J connectivity index is 1.80. The van der Waals surface area contributed by atoms with Crippen molar-refractivity contribution in [3.05, 3.63) is 47.8 Å². The quantitative estimate of drug-likeness (QED) is 0.186. The number of aromatic nitrogens is 2. The van der Waals surface area contributed by atoms with Gasteiger partial charge < -0.3 is 9.84 Å². The summed E-state index contributed by atoms with van der Waals surface area (Å²) in [5.74, 6) is -0.821. The van der Waals surface area contributed by atoms with E-state index in [-0.39, 0.29) is 16.9 Å². The van der Waals surface area contributed by atoms with Crippen molar-refractivity contribution in [1.82, 2.24) is 9.97 Å². The van der Waals surface area contributed by atoms with Crippen LogP contribution in [-0.2, 0) is 16.0 Å². The molecule has 0 aliphatic rings. The van der Waals surface area contributed by atoms with Gasteiger partial charge in [-0.2, -0.15) is 0 Å². The van der Waals surface area contributed by atoms with E-state index in [0.717, 1.165) is 37.0 Å². The Morgan fingerprint density at radius 1 is 1.03 bits per heavy atom. The smallest absolute Gasteiger partial charge is 0.338 e. The van der Waals surface area contributed by atoms with E-state index in [4.69, 9.17) is 9.84 Å². The average molecular weight is 502 g/mol. The SMILES string of the molecule is CC(C)(CCCCc1cccc(SNc2ncc(C(=O)O)cn2)c1)CC(C)(C)C(=O)OC(C)(C)C. The second-order valence-corrected chi connectivity index (χ2v) is 12.3. The molecule has 0 amide bonds. The summed E-state index contributed by atoms with van der Waals surface area (Å²) < 4.78 is 8.68.